The van der Waals surface area contributed by atoms with Crippen molar-refractivity contribution in [2.75, 3.05) is 12.5 Å². The predicted molar refractivity (Wildman–Crippen MR) is 78.5 cm³/mol. The number of hydrogen-bond acceptors (Lipinski definition) is 6. The van der Waals surface area contributed by atoms with E-state index in [0.717, 1.165) is 17.0 Å². The maximum Gasteiger partial charge on any atom is 0.351 e. The van der Waals surface area contributed by atoms with Crippen LogP contribution >= 0.6 is 11.3 Å². The number of nitrogens with zero attached hydrogens (tertiary/aromatic N) is 2. The number of carboxylic acids is 1. The topological polar surface area (TPSA) is 83.8 Å². The molecule has 0 saturated heterocycles. The number of hydrogen-bond donors (Lipinski definition) is 2. The number of benzene rings is 1. The highest BCUT2D eigenvalue weighted by Gasteiger charge is 2.06. The molecule has 7 heteroatoms. The molecule has 0 amide bonds. The molecular weight excluding hydrogens is 278 g/mol. The zero-order valence-electron chi connectivity index (χ0n) is 11.0. The van der Waals surface area contributed by atoms with Gasteiger partial charge in [0.15, 0.2) is 0 Å². The minimum Gasteiger partial charge on any atom is -0.497 e. The van der Waals surface area contributed by atoms with E-state index in [2.05, 4.69) is 15.5 Å². The Kier molecular flexibility index (Phi) is 4.31. The molecule has 0 aliphatic heterocycles. The van der Waals surface area contributed by atoms with Gasteiger partial charge in [0.25, 0.3) is 0 Å². The van der Waals surface area contributed by atoms with Gasteiger partial charge in [0.1, 0.15) is 11.5 Å². The Bertz CT molecular complexity index is 635. The normalized spacial score (nSPS) is 11.2. The lowest BCUT2D eigenvalue weighted by atomic mass is 10.2. The van der Waals surface area contributed by atoms with E-state index in [9.17, 15) is 4.79 Å². The van der Waals surface area contributed by atoms with Crippen molar-refractivity contribution in [2.45, 2.75) is 6.92 Å². The monoisotopic (exact) mass is 291 g/mol. The molecule has 6 nitrogen and oxygen atoms in total. The lowest BCUT2D eigenvalue weighted by Crippen LogP contribution is -2.10. The quantitative estimate of drug-likeness (QED) is 0.653. The van der Waals surface area contributed by atoms with E-state index in [1.54, 1.807) is 7.11 Å². The van der Waals surface area contributed by atoms with Crippen molar-refractivity contribution in [1.82, 2.24) is 4.98 Å². The highest BCUT2D eigenvalue weighted by molar-refractivity contribution is 7.14. The van der Waals surface area contributed by atoms with Crippen molar-refractivity contribution in [3.8, 4) is 17.0 Å². The Hall–Kier alpha value is -2.41. The Balaban J connectivity index is 2.12. The summed E-state index contributed by atoms with van der Waals surface area (Å²) in [6.45, 7) is 1.41. The fourth-order valence-electron chi connectivity index (χ4n) is 1.40. The Morgan fingerprint density at radius 1 is 1.40 bits per heavy atom. The number of aliphatic carboxylic acids is 1. The Labute approximate surface area is 119 Å². The van der Waals surface area contributed by atoms with E-state index in [-0.39, 0.29) is 5.71 Å². The number of hydrazone groups is 1. The average molecular weight is 291 g/mol. The van der Waals surface area contributed by atoms with Gasteiger partial charge >= 0.3 is 5.97 Å². The highest BCUT2D eigenvalue weighted by Crippen LogP contribution is 2.26. The van der Waals surface area contributed by atoms with Crippen LogP contribution < -0.4 is 10.2 Å². The molecular formula is C13H13N3O3S. The molecule has 0 bridgehead atoms. The maximum absolute atomic E-state index is 10.6. The van der Waals surface area contributed by atoms with Gasteiger partial charge in [-0.25, -0.2) is 9.78 Å². The molecule has 1 aromatic heterocycles. The third-order valence-electron chi connectivity index (χ3n) is 2.52. The number of nitrogens with one attached hydrogen (secondary N) is 1. The van der Waals surface area contributed by atoms with Crippen LogP contribution in [0.2, 0.25) is 0 Å². The fraction of sp³-hybridized carbons (Fsp3) is 0.154. The molecule has 104 valence electrons. The number of carbonyl (C=O) groups is 1. The first kappa shape index (κ1) is 14.0. The second-order valence-corrected chi connectivity index (χ2v) is 4.74. The van der Waals surface area contributed by atoms with Crippen molar-refractivity contribution in [3.63, 3.8) is 0 Å². The van der Waals surface area contributed by atoms with E-state index in [0.29, 0.717) is 5.13 Å². The summed E-state index contributed by atoms with van der Waals surface area (Å²) in [7, 11) is 1.61. The third kappa shape index (κ3) is 3.33. The molecule has 0 aliphatic rings. The van der Waals surface area contributed by atoms with Gasteiger partial charge in [-0.15, -0.1) is 11.3 Å². The standard InChI is InChI=1S/C13H13N3O3S/c1-8(12(17)18)15-16-13-14-11(7-20-13)9-3-5-10(19-2)6-4-9/h3-7H,1-2H3,(H,14,16)(H,17,18)/b15-8+. The Morgan fingerprint density at radius 2 is 2.10 bits per heavy atom. The summed E-state index contributed by atoms with van der Waals surface area (Å²) in [5.74, 6) is -0.284. The van der Waals surface area contributed by atoms with Gasteiger partial charge in [0.2, 0.25) is 5.13 Å². The second-order valence-electron chi connectivity index (χ2n) is 3.88. The summed E-state index contributed by atoms with van der Waals surface area (Å²) in [4.78, 5) is 14.9. The number of methoxy groups -OCH3 is 1. The van der Waals surface area contributed by atoms with Gasteiger partial charge in [-0.2, -0.15) is 5.10 Å². The van der Waals surface area contributed by atoms with Gasteiger partial charge in [-0.1, -0.05) is 0 Å². The zero-order valence-corrected chi connectivity index (χ0v) is 11.8. The molecule has 0 atom stereocenters. The van der Waals surface area contributed by atoms with Crippen molar-refractivity contribution in [1.29, 1.82) is 0 Å². The van der Waals surface area contributed by atoms with Crippen LogP contribution in [0.1, 0.15) is 6.92 Å². The van der Waals surface area contributed by atoms with Crippen LogP contribution in [0.5, 0.6) is 5.75 Å². The largest absolute Gasteiger partial charge is 0.497 e. The van der Waals surface area contributed by atoms with Crippen molar-refractivity contribution in [3.05, 3.63) is 29.6 Å². The molecule has 1 heterocycles. The van der Waals surface area contributed by atoms with E-state index < -0.39 is 5.97 Å². The lowest BCUT2D eigenvalue weighted by molar-refractivity contribution is -0.129. The second kappa shape index (κ2) is 6.16. The summed E-state index contributed by atoms with van der Waals surface area (Å²) in [6.07, 6.45) is 0. The summed E-state index contributed by atoms with van der Waals surface area (Å²) in [5.41, 5.74) is 4.35. The van der Waals surface area contributed by atoms with Crippen LogP contribution in [0.4, 0.5) is 5.13 Å². The molecule has 0 spiro atoms. The molecule has 2 aromatic rings. The van der Waals surface area contributed by atoms with Crippen molar-refractivity contribution >= 4 is 28.1 Å². The maximum atomic E-state index is 10.6. The number of thiazole rings is 1. The molecule has 1 aromatic carbocycles. The van der Waals surface area contributed by atoms with E-state index in [1.807, 2.05) is 29.6 Å². The zero-order chi connectivity index (χ0) is 14.5. The Morgan fingerprint density at radius 3 is 2.70 bits per heavy atom. The number of carboxylic acid groups (broad SMARTS) is 1. The van der Waals surface area contributed by atoms with Gasteiger partial charge in [0.05, 0.1) is 12.8 Å². The minimum absolute atomic E-state index is 0.0220. The average Bonchev–Trinajstić information content (AvgIpc) is 2.93. The first-order chi connectivity index (χ1) is 9.60. The molecule has 0 fully saturated rings. The smallest absolute Gasteiger partial charge is 0.351 e. The molecule has 2 N–H and O–H groups in total. The van der Waals surface area contributed by atoms with Gasteiger partial charge in [0, 0.05) is 10.9 Å². The molecule has 2 rings (SSSR count). The van der Waals surface area contributed by atoms with Crippen molar-refractivity contribution in [2.24, 2.45) is 5.10 Å². The first-order valence-electron chi connectivity index (χ1n) is 5.73. The highest BCUT2D eigenvalue weighted by atomic mass is 32.1. The van der Waals surface area contributed by atoms with Gasteiger partial charge in [-0.3, -0.25) is 5.43 Å². The summed E-state index contributed by atoms with van der Waals surface area (Å²) in [6, 6.07) is 7.52. The van der Waals surface area contributed by atoms with Crippen LogP contribution in [-0.4, -0.2) is 28.9 Å². The minimum atomic E-state index is -1.07. The lowest BCUT2D eigenvalue weighted by Gasteiger charge is -2.00. The van der Waals surface area contributed by atoms with Gasteiger partial charge in [-0.05, 0) is 31.2 Å². The number of rotatable bonds is 5. The molecule has 0 saturated carbocycles. The van der Waals surface area contributed by atoms with E-state index >= 15 is 0 Å². The summed E-state index contributed by atoms with van der Waals surface area (Å²) in [5, 5.41) is 14.8. The fourth-order valence-corrected chi connectivity index (χ4v) is 2.06. The van der Waals surface area contributed by atoms with E-state index in [1.165, 1.54) is 18.3 Å². The molecule has 0 radical (unpaired) electrons. The van der Waals surface area contributed by atoms with Crippen LogP contribution in [0.25, 0.3) is 11.3 Å². The van der Waals surface area contributed by atoms with Crippen molar-refractivity contribution < 1.29 is 14.6 Å². The van der Waals surface area contributed by atoms with Crippen LogP contribution in [-0.2, 0) is 4.79 Å². The summed E-state index contributed by atoms with van der Waals surface area (Å²) >= 11 is 1.35. The van der Waals surface area contributed by atoms with Crippen LogP contribution in [0, 0.1) is 0 Å². The molecule has 20 heavy (non-hydrogen) atoms. The number of anilines is 1. The third-order valence-corrected chi connectivity index (χ3v) is 3.27. The van der Waals surface area contributed by atoms with E-state index in [4.69, 9.17) is 9.84 Å². The van der Waals surface area contributed by atoms with Crippen LogP contribution in [0.15, 0.2) is 34.7 Å². The predicted octanol–water partition coefficient (Wildman–Crippen LogP) is 2.69. The summed E-state index contributed by atoms with van der Waals surface area (Å²) < 4.78 is 5.09. The SMILES string of the molecule is COc1ccc(-c2csc(N/N=C(\C)C(=O)O)n2)cc1. The number of aromatic nitrogens is 1. The van der Waals surface area contributed by atoms with Crippen LogP contribution in [0.3, 0.4) is 0 Å². The number of ether oxygens (including phenoxy) is 1. The van der Waals surface area contributed by atoms with Gasteiger partial charge < -0.3 is 9.84 Å². The first-order valence-corrected chi connectivity index (χ1v) is 6.61. The molecule has 0 aliphatic carbocycles. The molecule has 0 unspecified atom stereocenters.